The Morgan fingerprint density at radius 1 is 1.00 bits per heavy atom. The first-order valence-electron chi connectivity index (χ1n) is 5.79. The van der Waals surface area contributed by atoms with Crippen molar-refractivity contribution >= 4 is 33.9 Å². The van der Waals surface area contributed by atoms with Gasteiger partial charge in [0.2, 0.25) is 0 Å². The van der Waals surface area contributed by atoms with Crippen molar-refractivity contribution in [2.75, 3.05) is 5.32 Å². The van der Waals surface area contributed by atoms with Gasteiger partial charge in [0.25, 0.3) is 0 Å². The van der Waals surface area contributed by atoms with Crippen LogP contribution in [0.15, 0.2) is 54.7 Å². The molecular weight excluding hydrogens is 263 g/mol. The molecule has 0 unspecified atom stereocenters. The minimum Gasteiger partial charge on any atom is -0.355 e. The van der Waals surface area contributed by atoms with Crippen LogP contribution in [0.1, 0.15) is 0 Å². The number of nitrogens with one attached hydrogen (secondary N) is 1. The standard InChI is InChI=1S/C15H10ClFN2/c16-13-9-12(3-5-14(13)17)19-11-4-6-15-10(8-11)2-1-7-18-15/h1-9,19H. The Labute approximate surface area is 114 Å². The van der Waals surface area contributed by atoms with Crippen LogP contribution in [0.2, 0.25) is 5.02 Å². The number of fused-ring (bicyclic) bond motifs is 1. The number of pyridine rings is 1. The summed E-state index contributed by atoms with van der Waals surface area (Å²) in [5, 5.41) is 4.33. The minimum atomic E-state index is -0.421. The predicted molar refractivity (Wildman–Crippen MR) is 76.4 cm³/mol. The molecule has 0 radical (unpaired) electrons. The molecule has 2 aromatic carbocycles. The molecule has 0 aliphatic rings. The maximum absolute atomic E-state index is 13.1. The zero-order valence-electron chi connectivity index (χ0n) is 9.90. The SMILES string of the molecule is Fc1ccc(Nc2ccc3ncccc3c2)cc1Cl. The molecule has 2 nitrogen and oxygen atoms in total. The molecule has 3 rings (SSSR count). The van der Waals surface area contributed by atoms with E-state index < -0.39 is 5.82 Å². The topological polar surface area (TPSA) is 24.9 Å². The zero-order valence-corrected chi connectivity index (χ0v) is 10.7. The van der Waals surface area contributed by atoms with Crippen LogP contribution in [0.25, 0.3) is 10.9 Å². The molecule has 3 aromatic rings. The molecule has 0 amide bonds. The van der Waals surface area contributed by atoms with Crippen LogP contribution in [-0.2, 0) is 0 Å². The molecule has 0 bridgehead atoms. The molecule has 0 saturated heterocycles. The summed E-state index contributed by atoms with van der Waals surface area (Å²) in [6.07, 6.45) is 1.76. The van der Waals surface area contributed by atoms with Gasteiger partial charge in [-0.15, -0.1) is 0 Å². The van der Waals surface area contributed by atoms with Crippen LogP contribution in [0.4, 0.5) is 15.8 Å². The van der Waals surface area contributed by atoms with Crippen LogP contribution >= 0.6 is 11.6 Å². The molecule has 4 heteroatoms. The van der Waals surface area contributed by atoms with E-state index in [4.69, 9.17) is 11.6 Å². The normalized spacial score (nSPS) is 10.6. The van der Waals surface area contributed by atoms with Gasteiger partial charge in [-0.1, -0.05) is 17.7 Å². The fourth-order valence-electron chi connectivity index (χ4n) is 1.89. The van der Waals surface area contributed by atoms with Gasteiger partial charge in [0, 0.05) is 23.0 Å². The lowest BCUT2D eigenvalue weighted by atomic mass is 10.2. The lowest BCUT2D eigenvalue weighted by Crippen LogP contribution is -1.91. The van der Waals surface area contributed by atoms with Crippen LogP contribution in [-0.4, -0.2) is 4.98 Å². The molecule has 1 aromatic heterocycles. The average Bonchev–Trinajstić information content (AvgIpc) is 2.43. The van der Waals surface area contributed by atoms with E-state index in [2.05, 4.69) is 10.3 Å². The number of rotatable bonds is 2. The highest BCUT2D eigenvalue weighted by Crippen LogP contribution is 2.24. The third-order valence-corrected chi connectivity index (χ3v) is 3.10. The Balaban J connectivity index is 1.94. The molecule has 1 heterocycles. The first-order chi connectivity index (χ1) is 9.22. The van der Waals surface area contributed by atoms with Gasteiger partial charge >= 0.3 is 0 Å². The van der Waals surface area contributed by atoms with E-state index in [1.165, 1.54) is 6.07 Å². The highest BCUT2D eigenvalue weighted by molar-refractivity contribution is 6.31. The van der Waals surface area contributed by atoms with Gasteiger partial charge < -0.3 is 5.32 Å². The van der Waals surface area contributed by atoms with Crippen molar-refractivity contribution in [3.8, 4) is 0 Å². The van der Waals surface area contributed by atoms with Crippen LogP contribution in [0.5, 0.6) is 0 Å². The maximum atomic E-state index is 13.1. The molecule has 19 heavy (non-hydrogen) atoms. The Morgan fingerprint density at radius 2 is 1.79 bits per heavy atom. The Morgan fingerprint density at radius 3 is 2.63 bits per heavy atom. The van der Waals surface area contributed by atoms with Crippen LogP contribution in [0, 0.1) is 5.82 Å². The third-order valence-electron chi connectivity index (χ3n) is 2.81. The van der Waals surface area contributed by atoms with Crippen LogP contribution < -0.4 is 5.32 Å². The summed E-state index contributed by atoms with van der Waals surface area (Å²) < 4.78 is 13.1. The lowest BCUT2D eigenvalue weighted by molar-refractivity contribution is 0.628. The smallest absolute Gasteiger partial charge is 0.141 e. The van der Waals surface area contributed by atoms with Gasteiger partial charge in [-0.25, -0.2) is 4.39 Å². The zero-order chi connectivity index (χ0) is 13.2. The number of halogens is 2. The quantitative estimate of drug-likeness (QED) is 0.727. The van der Waals surface area contributed by atoms with E-state index in [1.807, 2.05) is 30.3 Å². The van der Waals surface area contributed by atoms with Crippen molar-refractivity contribution < 1.29 is 4.39 Å². The van der Waals surface area contributed by atoms with Gasteiger partial charge in [-0.05, 0) is 42.5 Å². The Hall–Kier alpha value is -2.13. The number of benzene rings is 2. The van der Waals surface area contributed by atoms with E-state index in [9.17, 15) is 4.39 Å². The summed E-state index contributed by atoms with van der Waals surface area (Å²) in [6.45, 7) is 0. The largest absolute Gasteiger partial charge is 0.355 e. The van der Waals surface area contributed by atoms with E-state index in [0.717, 1.165) is 22.3 Å². The van der Waals surface area contributed by atoms with Crippen LogP contribution in [0.3, 0.4) is 0 Å². The molecule has 0 aliphatic carbocycles. The first-order valence-corrected chi connectivity index (χ1v) is 6.17. The van der Waals surface area contributed by atoms with Gasteiger partial charge in [0.05, 0.1) is 10.5 Å². The maximum Gasteiger partial charge on any atom is 0.141 e. The molecule has 94 valence electrons. The summed E-state index contributed by atoms with van der Waals surface area (Å²) in [7, 11) is 0. The van der Waals surface area contributed by atoms with Crippen molar-refractivity contribution in [1.82, 2.24) is 4.98 Å². The summed E-state index contributed by atoms with van der Waals surface area (Å²) in [4.78, 5) is 4.26. The average molecular weight is 273 g/mol. The molecule has 0 aliphatic heterocycles. The molecule has 0 saturated carbocycles. The number of hydrogen-bond donors (Lipinski definition) is 1. The van der Waals surface area contributed by atoms with E-state index in [0.29, 0.717) is 0 Å². The Kier molecular flexibility index (Phi) is 3.05. The highest BCUT2D eigenvalue weighted by atomic mass is 35.5. The number of aromatic nitrogens is 1. The van der Waals surface area contributed by atoms with Crippen molar-refractivity contribution in [3.63, 3.8) is 0 Å². The summed E-state index contributed by atoms with van der Waals surface area (Å²) >= 11 is 5.75. The van der Waals surface area contributed by atoms with E-state index in [1.54, 1.807) is 18.3 Å². The Bertz CT molecular complexity index is 743. The van der Waals surface area contributed by atoms with Gasteiger partial charge in [0.1, 0.15) is 5.82 Å². The molecule has 0 spiro atoms. The molecule has 1 N–H and O–H groups in total. The summed E-state index contributed by atoms with van der Waals surface area (Å²) in [5.74, 6) is -0.421. The van der Waals surface area contributed by atoms with Crippen molar-refractivity contribution in [1.29, 1.82) is 0 Å². The second-order valence-corrected chi connectivity index (χ2v) is 4.57. The predicted octanol–water partition coefficient (Wildman–Crippen LogP) is 4.77. The molecule has 0 atom stereocenters. The number of hydrogen-bond acceptors (Lipinski definition) is 2. The molecule has 0 fully saturated rings. The van der Waals surface area contributed by atoms with E-state index >= 15 is 0 Å². The summed E-state index contributed by atoms with van der Waals surface area (Å²) in [5.41, 5.74) is 2.59. The van der Waals surface area contributed by atoms with Gasteiger partial charge in [0.15, 0.2) is 0 Å². The highest BCUT2D eigenvalue weighted by Gasteiger charge is 2.02. The second-order valence-electron chi connectivity index (χ2n) is 4.16. The van der Waals surface area contributed by atoms with Crippen molar-refractivity contribution in [3.05, 3.63) is 65.6 Å². The molecular formula is C15H10ClFN2. The fourth-order valence-corrected chi connectivity index (χ4v) is 2.07. The fraction of sp³-hybridized carbons (Fsp3) is 0. The minimum absolute atomic E-state index is 0.104. The first kappa shape index (κ1) is 11.9. The number of anilines is 2. The van der Waals surface area contributed by atoms with Crippen molar-refractivity contribution in [2.24, 2.45) is 0 Å². The monoisotopic (exact) mass is 272 g/mol. The lowest BCUT2D eigenvalue weighted by Gasteiger charge is -2.08. The number of nitrogens with zero attached hydrogens (tertiary/aromatic N) is 1. The van der Waals surface area contributed by atoms with E-state index in [-0.39, 0.29) is 5.02 Å². The second kappa shape index (κ2) is 4.86. The van der Waals surface area contributed by atoms with Crippen molar-refractivity contribution in [2.45, 2.75) is 0 Å². The van der Waals surface area contributed by atoms with Gasteiger partial charge in [-0.3, -0.25) is 4.98 Å². The third kappa shape index (κ3) is 2.51. The van der Waals surface area contributed by atoms with Gasteiger partial charge in [-0.2, -0.15) is 0 Å². The summed E-state index contributed by atoms with van der Waals surface area (Å²) in [6, 6.07) is 14.3.